The van der Waals surface area contributed by atoms with E-state index in [-0.39, 0.29) is 5.56 Å². The van der Waals surface area contributed by atoms with E-state index in [4.69, 9.17) is 10.4 Å². The van der Waals surface area contributed by atoms with Crippen molar-refractivity contribution in [2.75, 3.05) is 5.75 Å². The molecular weight excluding hydrogens is 354 g/mol. The molecule has 1 atom stereocenters. The Hall–Kier alpha value is -3.22. The maximum absolute atomic E-state index is 10.9. The average molecular weight is 367 g/mol. The van der Waals surface area contributed by atoms with Crippen LogP contribution < -0.4 is 0 Å². The number of nitriles is 1. The van der Waals surface area contributed by atoms with Crippen LogP contribution in [0.2, 0.25) is 0 Å². The summed E-state index contributed by atoms with van der Waals surface area (Å²) >= 11 is 1.27. The fourth-order valence-corrected chi connectivity index (χ4v) is 3.06. The molecule has 0 bridgehead atoms. The molecule has 130 valence electrons. The Morgan fingerprint density at radius 1 is 1.19 bits per heavy atom. The number of tetrazole rings is 1. The summed E-state index contributed by atoms with van der Waals surface area (Å²) < 4.78 is 1.47. The van der Waals surface area contributed by atoms with E-state index in [1.807, 2.05) is 6.07 Å². The van der Waals surface area contributed by atoms with Gasteiger partial charge in [-0.15, -0.1) is 5.10 Å². The van der Waals surface area contributed by atoms with E-state index in [1.54, 1.807) is 36.4 Å². The predicted molar refractivity (Wildman–Crippen MR) is 93.0 cm³/mol. The molecule has 1 heterocycles. The third-order valence-electron chi connectivity index (χ3n) is 3.59. The molecule has 1 unspecified atom stereocenters. The average Bonchev–Trinajstić information content (AvgIpc) is 3.15. The first-order valence-electron chi connectivity index (χ1n) is 7.51. The number of aliphatic hydroxyl groups excluding tert-OH is 1. The van der Waals surface area contributed by atoms with Gasteiger partial charge in [0, 0.05) is 5.75 Å². The third-order valence-corrected chi connectivity index (χ3v) is 4.59. The summed E-state index contributed by atoms with van der Waals surface area (Å²) in [6, 6.07) is 14.9. The van der Waals surface area contributed by atoms with Gasteiger partial charge in [0.05, 0.1) is 29.0 Å². The van der Waals surface area contributed by atoms with E-state index >= 15 is 0 Å². The summed E-state index contributed by atoms with van der Waals surface area (Å²) in [5, 5.41) is 40.0. The van der Waals surface area contributed by atoms with Crippen molar-refractivity contribution in [2.45, 2.75) is 11.3 Å². The van der Waals surface area contributed by atoms with Gasteiger partial charge in [0.1, 0.15) is 0 Å². The summed E-state index contributed by atoms with van der Waals surface area (Å²) in [4.78, 5) is 10.9. The van der Waals surface area contributed by atoms with Crippen LogP contribution in [0.3, 0.4) is 0 Å². The minimum absolute atomic E-state index is 0.173. The molecule has 1 aromatic heterocycles. The molecule has 8 nitrogen and oxygen atoms in total. The quantitative estimate of drug-likeness (QED) is 0.634. The molecule has 2 aromatic carbocycles. The lowest BCUT2D eigenvalue weighted by Gasteiger charge is -2.10. The van der Waals surface area contributed by atoms with E-state index in [9.17, 15) is 9.90 Å². The number of benzene rings is 2. The standard InChI is InChI=1S/C17H13N5O3S/c18-9-11-1-3-12(4-2-11)15(23)10-26-17-19-20-21-22(17)14-7-5-13(6-8-14)16(24)25/h1-8,15,23H,10H2,(H,24,25). The van der Waals surface area contributed by atoms with Gasteiger partial charge in [0.15, 0.2) is 0 Å². The zero-order valence-electron chi connectivity index (χ0n) is 13.4. The molecule has 0 aliphatic rings. The molecule has 0 aliphatic heterocycles. The lowest BCUT2D eigenvalue weighted by atomic mass is 10.1. The number of nitrogens with zero attached hydrogens (tertiary/aromatic N) is 5. The molecular formula is C17H13N5O3S. The Kier molecular flexibility index (Phi) is 5.26. The maximum Gasteiger partial charge on any atom is 0.335 e. The number of aliphatic hydroxyl groups is 1. The van der Waals surface area contributed by atoms with Crippen molar-refractivity contribution in [3.63, 3.8) is 0 Å². The monoisotopic (exact) mass is 367 g/mol. The third kappa shape index (κ3) is 3.88. The topological polar surface area (TPSA) is 125 Å². The Labute approximate surface area is 152 Å². The molecule has 9 heteroatoms. The van der Waals surface area contributed by atoms with Crippen LogP contribution in [-0.4, -0.2) is 42.1 Å². The van der Waals surface area contributed by atoms with Crippen LogP contribution in [0.1, 0.15) is 27.6 Å². The molecule has 3 rings (SSSR count). The minimum atomic E-state index is -1.01. The Morgan fingerprint density at radius 2 is 1.88 bits per heavy atom. The first-order chi connectivity index (χ1) is 12.6. The van der Waals surface area contributed by atoms with Crippen molar-refractivity contribution < 1.29 is 15.0 Å². The first-order valence-corrected chi connectivity index (χ1v) is 8.50. The van der Waals surface area contributed by atoms with Crippen molar-refractivity contribution in [1.82, 2.24) is 20.2 Å². The predicted octanol–water partition coefficient (Wildman–Crippen LogP) is 2.06. The van der Waals surface area contributed by atoms with Gasteiger partial charge in [0.25, 0.3) is 0 Å². The summed E-state index contributed by atoms with van der Waals surface area (Å²) in [6.45, 7) is 0. The second-order valence-corrected chi connectivity index (χ2v) is 6.27. The van der Waals surface area contributed by atoms with Crippen LogP contribution in [0.5, 0.6) is 0 Å². The van der Waals surface area contributed by atoms with E-state index in [2.05, 4.69) is 15.5 Å². The molecule has 0 spiro atoms. The van der Waals surface area contributed by atoms with E-state index < -0.39 is 12.1 Å². The smallest absolute Gasteiger partial charge is 0.335 e. The SMILES string of the molecule is N#Cc1ccc(C(O)CSc2nnnn2-c2ccc(C(=O)O)cc2)cc1. The molecule has 2 N–H and O–H groups in total. The fourth-order valence-electron chi connectivity index (χ4n) is 2.21. The Morgan fingerprint density at radius 3 is 2.50 bits per heavy atom. The molecule has 0 saturated heterocycles. The highest BCUT2D eigenvalue weighted by molar-refractivity contribution is 7.99. The number of aromatic nitrogens is 4. The van der Waals surface area contributed by atoms with Crippen LogP contribution in [0.15, 0.2) is 53.7 Å². The number of aromatic carboxylic acids is 1. The van der Waals surface area contributed by atoms with Gasteiger partial charge in [0.2, 0.25) is 5.16 Å². The number of thioether (sulfide) groups is 1. The van der Waals surface area contributed by atoms with Crippen molar-refractivity contribution in [2.24, 2.45) is 0 Å². The van der Waals surface area contributed by atoms with Crippen LogP contribution >= 0.6 is 11.8 Å². The van der Waals surface area contributed by atoms with Crippen LogP contribution in [-0.2, 0) is 0 Å². The molecule has 0 radical (unpaired) electrons. The number of hydrogen-bond donors (Lipinski definition) is 2. The Bertz CT molecular complexity index is 948. The largest absolute Gasteiger partial charge is 0.478 e. The van der Waals surface area contributed by atoms with Crippen molar-refractivity contribution in [3.8, 4) is 11.8 Å². The normalized spacial score (nSPS) is 11.7. The summed E-state index contributed by atoms with van der Waals surface area (Å²) in [5.74, 6) is -0.687. The number of carboxylic acids is 1. The number of rotatable bonds is 6. The minimum Gasteiger partial charge on any atom is -0.478 e. The van der Waals surface area contributed by atoms with Gasteiger partial charge in [-0.3, -0.25) is 0 Å². The van der Waals surface area contributed by atoms with Crippen molar-refractivity contribution in [1.29, 1.82) is 5.26 Å². The lowest BCUT2D eigenvalue weighted by Crippen LogP contribution is -2.04. The summed E-state index contributed by atoms with van der Waals surface area (Å²) in [7, 11) is 0. The number of carbonyl (C=O) groups is 1. The highest BCUT2D eigenvalue weighted by Crippen LogP contribution is 2.24. The molecule has 26 heavy (non-hydrogen) atoms. The first kappa shape index (κ1) is 17.6. The van der Waals surface area contributed by atoms with E-state index in [0.717, 1.165) is 0 Å². The maximum atomic E-state index is 10.9. The number of hydrogen-bond acceptors (Lipinski definition) is 7. The molecule has 0 amide bonds. The van der Waals surface area contributed by atoms with Crippen molar-refractivity contribution in [3.05, 3.63) is 65.2 Å². The van der Waals surface area contributed by atoms with Gasteiger partial charge in [-0.05, 0) is 52.4 Å². The highest BCUT2D eigenvalue weighted by atomic mass is 32.2. The molecule has 0 saturated carbocycles. The number of carboxylic acid groups (broad SMARTS) is 1. The zero-order chi connectivity index (χ0) is 18.5. The molecule has 3 aromatic rings. The second kappa shape index (κ2) is 7.77. The van der Waals surface area contributed by atoms with Gasteiger partial charge in [-0.25, -0.2) is 4.79 Å². The van der Waals surface area contributed by atoms with Crippen LogP contribution in [0, 0.1) is 11.3 Å². The Balaban J connectivity index is 1.70. The van der Waals surface area contributed by atoms with Gasteiger partial charge < -0.3 is 10.2 Å². The molecule has 0 fully saturated rings. The van der Waals surface area contributed by atoms with Crippen molar-refractivity contribution >= 4 is 17.7 Å². The van der Waals surface area contributed by atoms with E-state index in [0.29, 0.717) is 27.7 Å². The van der Waals surface area contributed by atoms with Crippen LogP contribution in [0.25, 0.3) is 5.69 Å². The second-order valence-electron chi connectivity index (χ2n) is 5.29. The molecule has 0 aliphatic carbocycles. The van der Waals surface area contributed by atoms with Gasteiger partial charge in [-0.1, -0.05) is 23.9 Å². The van der Waals surface area contributed by atoms with Gasteiger partial charge >= 0.3 is 5.97 Å². The summed E-state index contributed by atoms with van der Waals surface area (Å²) in [5.41, 5.74) is 2.02. The zero-order valence-corrected chi connectivity index (χ0v) is 14.2. The van der Waals surface area contributed by atoms with E-state index in [1.165, 1.54) is 28.6 Å². The summed E-state index contributed by atoms with van der Waals surface area (Å²) in [6.07, 6.45) is -0.743. The fraction of sp³-hybridized carbons (Fsp3) is 0.118. The lowest BCUT2D eigenvalue weighted by molar-refractivity contribution is 0.0697. The van der Waals surface area contributed by atoms with Crippen LogP contribution in [0.4, 0.5) is 0 Å². The highest BCUT2D eigenvalue weighted by Gasteiger charge is 2.14. The van der Waals surface area contributed by atoms with Gasteiger partial charge in [-0.2, -0.15) is 9.94 Å².